The summed E-state index contributed by atoms with van der Waals surface area (Å²) in [5.74, 6) is 0.148. The van der Waals surface area contributed by atoms with Crippen LogP contribution in [0.25, 0.3) is 10.8 Å². The molecule has 2 nitrogen and oxygen atoms in total. The lowest BCUT2D eigenvalue weighted by Gasteiger charge is -2.14. The van der Waals surface area contributed by atoms with Crippen LogP contribution in [0.5, 0.6) is 0 Å². The fourth-order valence-corrected chi connectivity index (χ4v) is 1.92. The molecule has 1 heterocycles. The van der Waals surface area contributed by atoms with Gasteiger partial charge in [0.1, 0.15) is 0 Å². The van der Waals surface area contributed by atoms with Gasteiger partial charge in [0.25, 0.3) is 0 Å². The number of rotatable bonds is 2. The van der Waals surface area contributed by atoms with Crippen molar-refractivity contribution in [1.82, 2.24) is 4.98 Å². The molecule has 1 aromatic heterocycles. The maximum Gasteiger partial charge on any atom is 0.0913 e. The average molecular weight is 210 g/mol. The van der Waals surface area contributed by atoms with Crippen molar-refractivity contribution < 1.29 is 0 Å². The molecule has 1 atom stereocenters. The lowest BCUT2D eigenvalue weighted by atomic mass is 9.91. The molecule has 0 amide bonds. The van der Waals surface area contributed by atoms with Crippen LogP contribution < -0.4 is 0 Å². The average Bonchev–Trinajstić information content (AvgIpc) is 2.30. The van der Waals surface area contributed by atoms with Gasteiger partial charge in [-0.3, -0.25) is 4.98 Å². The first kappa shape index (κ1) is 10.6. The summed E-state index contributed by atoms with van der Waals surface area (Å²) in [7, 11) is 0. The quantitative estimate of drug-likeness (QED) is 0.760. The van der Waals surface area contributed by atoms with E-state index in [4.69, 9.17) is 0 Å². The molecule has 0 N–H and O–H groups in total. The van der Waals surface area contributed by atoms with Gasteiger partial charge in [-0.15, -0.1) is 0 Å². The van der Waals surface area contributed by atoms with Crippen LogP contribution in [-0.2, 0) is 0 Å². The van der Waals surface area contributed by atoms with E-state index in [2.05, 4.69) is 31.0 Å². The second kappa shape index (κ2) is 4.32. The van der Waals surface area contributed by atoms with E-state index in [1.165, 1.54) is 0 Å². The highest BCUT2D eigenvalue weighted by Crippen LogP contribution is 2.28. The summed E-state index contributed by atoms with van der Waals surface area (Å²) < 4.78 is 0. The second-order valence-electron chi connectivity index (χ2n) is 4.27. The minimum atomic E-state index is -0.133. The molecule has 0 bridgehead atoms. The fraction of sp³-hybridized carbons (Fsp3) is 0.286. The Bertz CT molecular complexity index is 532. The van der Waals surface area contributed by atoms with Crippen molar-refractivity contribution in [2.24, 2.45) is 5.92 Å². The molecule has 0 saturated carbocycles. The van der Waals surface area contributed by atoms with E-state index in [-0.39, 0.29) is 11.8 Å². The van der Waals surface area contributed by atoms with Crippen molar-refractivity contribution in [1.29, 1.82) is 5.26 Å². The molecule has 0 saturated heterocycles. The number of pyridine rings is 1. The summed E-state index contributed by atoms with van der Waals surface area (Å²) in [5.41, 5.74) is 0.899. The molecular formula is C14H14N2. The molecule has 0 fully saturated rings. The van der Waals surface area contributed by atoms with Crippen molar-refractivity contribution >= 4 is 10.8 Å². The van der Waals surface area contributed by atoms with Gasteiger partial charge < -0.3 is 0 Å². The minimum absolute atomic E-state index is 0.133. The number of fused-ring (bicyclic) bond motifs is 1. The van der Waals surface area contributed by atoms with Gasteiger partial charge in [0.05, 0.1) is 17.7 Å². The molecule has 0 radical (unpaired) electrons. The Hall–Kier alpha value is -1.88. The standard InChI is InChI=1S/C14H14N2/c1-10(2)13(9-15)14-12-6-4-3-5-11(12)7-8-16-14/h3-8,10,13H,1-2H3. The Morgan fingerprint density at radius 1 is 1.19 bits per heavy atom. The third-order valence-electron chi connectivity index (χ3n) is 2.80. The van der Waals surface area contributed by atoms with Gasteiger partial charge in [-0.1, -0.05) is 38.1 Å². The van der Waals surface area contributed by atoms with E-state index in [1.54, 1.807) is 6.20 Å². The summed E-state index contributed by atoms with van der Waals surface area (Å²) in [6.45, 7) is 4.11. The van der Waals surface area contributed by atoms with E-state index in [1.807, 2.05) is 24.3 Å². The highest BCUT2D eigenvalue weighted by molar-refractivity contribution is 5.85. The lowest BCUT2D eigenvalue weighted by Crippen LogP contribution is -2.06. The number of hydrogen-bond donors (Lipinski definition) is 0. The molecule has 0 aliphatic carbocycles. The van der Waals surface area contributed by atoms with E-state index in [0.717, 1.165) is 16.5 Å². The first-order valence-electron chi connectivity index (χ1n) is 5.47. The number of aromatic nitrogens is 1. The van der Waals surface area contributed by atoms with Crippen LogP contribution in [0.2, 0.25) is 0 Å². The Morgan fingerprint density at radius 2 is 1.94 bits per heavy atom. The molecule has 16 heavy (non-hydrogen) atoms. The molecule has 1 aromatic carbocycles. The molecular weight excluding hydrogens is 196 g/mol. The zero-order chi connectivity index (χ0) is 11.5. The fourth-order valence-electron chi connectivity index (χ4n) is 1.92. The lowest BCUT2D eigenvalue weighted by molar-refractivity contribution is 0.579. The monoisotopic (exact) mass is 210 g/mol. The molecule has 1 unspecified atom stereocenters. The van der Waals surface area contributed by atoms with Crippen molar-refractivity contribution in [3.05, 3.63) is 42.2 Å². The van der Waals surface area contributed by atoms with Crippen LogP contribution in [-0.4, -0.2) is 4.98 Å². The van der Waals surface area contributed by atoms with Crippen LogP contribution in [0.4, 0.5) is 0 Å². The molecule has 2 rings (SSSR count). The summed E-state index contributed by atoms with van der Waals surface area (Å²) in [4.78, 5) is 4.38. The normalized spacial score (nSPS) is 12.6. The predicted molar refractivity (Wildman–Crippen MR) is 64.9 cm³/mol. The Balaban J connectivity index is 2.65. The van der Waals surface area contributed by atoms with Crippen molar-refractivity contribution in [3.8, 4) is 6.07 Å². The maximum atomic E-state index is 9.22. The Kier molecular flexibility index (Phi) is 2.87. The highest BCUT2D eigenvalue weighted by Gasteiger charge is 2.18. The van der Waals surface area contributed by atoms with Gasteiger partial charge in [-0.05, 0) is 17.4 Å². The molecule has 0 spiro atoms. The first-order chi connectivity index (χ1) is 7.74. The molecule has 80 valence electrons. The number of nitriles is 1. The smallest absolute Gasteiger partial charge is 0.0913 e. The van der Waals surface area contributed by atoms with Gasteiger partial charge >= 0.3 is 0 Å². The molecule has 0 aliphatic heterocycles. The summed E-state index contributed by atoms with van der Waals surface area (Å²) in [6, 6.07) is 12.4. The van der Waals surface area contributed by atoms with Crippen LogP contribution in [0.15, 0.2) is 36.5 Å². The van der Waals surface area contributed by atoms with Gasteiger partial charge in [0, 0.05) is 11.6 Å². The van der Waals surface area contributed by atoms with Crippen LogP contribution in [0.3, 0.4) is 0 Å². The van der Waals surface area contributed by atoms with Crippen molar-refractivity contribution in [2.75, 3.05) is 0 Å². The summed E-state index contributed by atoms with van der Waals surface area (Å²) in [5, 5.41) is 11.5. The number of nitrogens with zero attached hydrogens (tertiary/aromatic N) is 2. The largest absolute Gasteiger partial charge is 0.259 e. The first-order valence-corrected chi connectivity index (χ1v) is 5.47. The predicted octanol–water partition coefficient (Wildman–Crippen LogP) is 3.50. The second-order valence-corrected chi connectivity index (χ2v) is 4.27. The third kappa shape index (κ3) is 1.77. The van der Waals surface area contributed by atoms with Gasteiger partial charge in [-0.2, -0.15) is 5.26 Å². The topological polar surface area (TPSA) is 36.7 Å². The van der Waals surface area contributed by atoms with E-state index < -0.39 is 0 Å². The van der Waals surface area contributed by atoms with Crippen LogP contribution in [0.1, 0.15) is 25.5 Å². The third-order valence-corrected chi connectivity index (χ3v) is 2.80. The van der Waals surface area contributed by atoms with E-state index in [0.29, 0.717) is 0 Å². The van der Waals surface area contributed by atoms with Crippen LogP contribution >= 0.6 is 0 Å². The molecule has 2 heteroatoms. The molecule has 2 aromatic rings. The van der Waals surface area contributed by atoms with E-state index >= 15 is 0 Å². The van der Waals surface area contributed by atoms with Crippen molar-refractivity contribution in [3.63, 3.8) is 0 Å². The van der Waals surface area contributed by atoms with Crippen molar-refractivity contribution in [2.45, 2.75) is 19.8 Å². The number of benzene rings is 1. The highest BCUT2D eigenvalue weighted by atomic mass is 14.7. The van der Waals surface area contributed by atoms with Gasteiger partial charge in [-0.25, -0.2) is 0 Å². The zero-order valence-electron chi connectivity index (χ0n) is 9.51. The number of hydrogen-bond acceptors (Lipinski definition) is 2. The zero-order valence-corrected chi connectivity index (χ0v) is 9.51. The summed E-state index contributed by atoms with van der Waals surface area (Å²) >= 11 is 0. The minimum Gasteiger partial charge on any atom is -0.259 e. The molecule has 0 aliphatic rings. The SMILES string of the molecule is CC(C)C(C#N)c1nccc2ccccc12. The van der Waals surface area contributed by atoms with Gasteiger partial charge in [0.2, 0.25) is 0 Å². The summed E-state index contributed by atoms with van der Waals surface area (Å²) in [6.07, 6.45) is 1.78. The van der Waals surface area contributed by atoms with Gasteiger partial charge in [0.15, 0.2) is 0 Å². The Morgan fingerprint density at radius 3 is 2.62 bits per heavy atom. The van der Waals surface area contributed by atoms with E-state index in [9.17, 15) is 5.26 Å². The Labute approximate surface area is 95.6 Å². The maximum absolute atomic E-state index is 9.22. The van der Waals surface area contributed by atoms with Crippen LogP contribution in [0, 0.1) is 17.2 Å².